The van der Waals surface area contributed by atoms with Crippen LogP contribution in [0.1, 0.15) is 18.1 Å². The molecule has 7 nitrogen and oxygen atoms in total. The van der Waals surface area contributed by atoms with Crippen molar-refractivity contribution < 1.29 is 9.53 Å². The average molecular weight is 468 g/mol. The lowest BCUT2D eigenvalue weighted by Crippen LogP contribution is -2.26. The quantitative estimate of drug-likeness (QED) is 0.394. The highest BCUT2D eigenvalue weighted by atomic mass is 16.5. The van der Waals surface area contributed by atoms with Crippen LogP contribution >= 0.6 is 0 Å². The fraction of sp³-hybridized carbons (Fsp3) is 0.250. The largest absolute Gasteiger partial charge is 0.495 e. The zero-order chi connectivity index (χ0) is 24.4. The summed E-state index contributed by atoms with van der Waals surface area (Å²) < 4.78 is 5.66. The van der Waals surface area contributed by atoms with Gasteiger partial charge in [0.15, 0.2) is 0 Å². The Morgan fingerprint density at radius 3 is 2.77 bits per heavy atom. The van der Waals surface area contributed by atoms with Gasteiger partial charge in [-0.3, -0.25) is 4.79 Å². The molecule has 0 saturated heterocycles. The number of anilines is 3. The lowest BCUT2D eigenvalue weighted by Gasteiger charge is -2.26. The van der Waals surface area contributed by atoms with Gasteiger partial charge in [-0.1, -0.05) is 24.3 Å². The zero-order valence-corrected chi connectivity index (χ0v) is 20.3. The third-order valence-corrected chi connectivity index (χ3v) is 6.29. The lowest BCUT2D eigenvalue weighted by molar-refractivity contribution is -0.115. The summed E-state index contributed by atoms with van der Waals surface area (Å²) >= 11 is 0. The second kappa shape index (κ2) is 9.72. The highest BCUT2D eigenvalue weighted by molar-refractivity contribution is 5.86. The molecule has 1 aromatic heterocycles. The summed E-state index contributed by atoms with van der Waals surface area (Å²) in [4.78, 5) is 23.0. The first kappa shape index (κ1) is 22.8. The van der Waals surface area contributed by atoms with E-state index in [2.05, 4.69) is 57.9 Å². The van der Waals surface area contributed by atoms with Gasteiger partial charge in [0.2, 0.25) is 5.95 Å². The van der Waals surface area contributed by atoms with E-state index in [4.69, 9.17) is 9.72 Å². The molecule has 0 aliphatic carbocycles. The smallest absolute Gasteiger partial charge is 0.227 e. The van der Waals surface area contributed by atoms with Crippen LogP contribution in [0.2, 0.25) is 0 Å². The number of benzene rings is 3. The number of ether oxygens (including phenoxy) is 1. The van der Waals surface area contributed by atoms with E-state index in [0.717, 1.165) is 58.7 Å². The number of Topliss-reactive ketones (excluding diaryl/α,β-unsaturated/α-hetero) is 1. The molecule has 0 saturated carbocycles. The van der Waals surface area contributed by atoms with Gasteiger partial charge >= 0.3 is 0 Å². The molecule has 0 spiro atoms. The molecule has 2 heterocycles. The molecule has 4 aromatic rings. The van der Waals surface area contributed by atoms with Gasteiger partial charge in [0, 0.05) is 30.4 Å². The summed E-state index contributed by atoms with van der Waals surface area (Å²) in [5, 5.41) is 7.49. The minimum atomic E-state index is 0.0976. The molecule has 0 bridgehead atoms. The van der Waals surface area contributed by atoms with Crippen LogP contribution in [0.5, 0.6) is 5.75 Å². The van der Waals surface area contributed by atoms with Crippen LogP contribution in [0.15, 0.2) is 60.8 Å². The molecule has 7 heteroatoms. The van der Waals surface area contributed by atoms with Crippen molar-refractivity contribution in [2.75, 3.05) is 37.9 Å². The number of carbonyl (C=O) groups is 1. The summed E-state index contributed by atoms with van der Waals surface area (Å²) in [7, 11) is 3.83. The minimum Gasteiger partial charge on any atom is -0.495 e. The van der Waals surface area contributed by atoms with E-state index in [0.29, 0.717) is 12.5 Å². The molecule has 0 fully saturated rings. The van der Waals surface area contributed by atoms with Crippen molar-refractivity contribution >= 4 is 34.0 Å². The van der Waals surface area contributed by atoms with E-state index in [1.807, 2.05) is 30.5 Å². The van der Waals surface area contributed by atoms with Crippen LogP contribution in [0.3, 0.4) is 0 Å². The van der Waals surface area contributed by atoms with Crippen molar-refractivity contribution in [2.24, 2.45) is 0 Å². The fourth-order valence-corrected chi connectivity index (χ4v) is 4.41. The summed E-state index contributed by atoms with van der Waals surface area (Å²) in [6.07, 6.45) is 2.85. The van der Waals surface area contributed by atoms with Crippen molar-refractivity contribution in [1.29, 1.82) is 0 Å². The molecule has 1 aliphatic rings. The first-order valence-corrected chi connectivity index (χ1v) is 11.7. The molecule has 35 heavy (non-hydrogen) atoms. The summed E-state index contributed by atoms with van der Waals surface area (Å²) in [6, 6.07) is 18.5. The van der Waals surface area contributed by atoms with Crippen molar-refractivity contribution in [2.45, 2.75) is 19.9 Å². The first-order valence-electron chi connectivity index (χ1n) is 11.7. The number of rotatable bonds is 7. The average Bonchev–Trinajstić information content (AvgIpc) is 2.86. The van der Waals surface area contributed by atoms with Gasteiger partial charge < -0.3 is 20.3 Å². The third-order valence-electron chi connectivity index (χ3n) is 6.29. The zero-order valence-electron chi connectivity index (χ0n) is 20.3. The van der Waals surface area contributed by atoms with Gasteiger partial charge in [-0.25, -0.2) is 9.97 Å². The molecule has 3 aromatic carbocycles. The Hall–Kier alpha value is -3.97. The Morgan fingerprint density at radius 2 is 1.94 bits per heavy atom. The number of aromatic nitrogens is 2. The number of hydrogen-bond donors (Lipinski definition) is 2. The van der Waals surface area contributed by atoms with E-state index in [1.165, 1.54) is 11.1 Å². The highest BCUT2D eigenvalue weighted by Gasteiger charge is 2.17. The molecule has 5 rings (SSSR count). The predicted octanol–water partition coefficient (Wildman–Crippen LogP) is 5.04. The summed E-state index contributed by atoms with van der Waals surface area (Å²) in [6.45, 7) is 3.85. The van der Waals surface area contributed by atoms with Crippen molar-refractivity contribution in [3.63, 3.8) is 0 Å². The van der Waals surface area contributed by atoms with E-state index in [9.17, 15) is 4.79 Å². The number of nitrogens with one attached hydrogen (secondary N) is 2. The molecule has 0 radical (unpaired) electrons. The molecule has 178 valence electrons. The summed E-state index contributed by atoms with van der Waals surface area (Å²) in [5.41, 5.74) is 7.34. The van der Waals surface area contributed by atoms with Gasteiger partial charge in [0.25, 0.3) is 0 Å². The van der Waals surface area contributed by atoms with Crippen LogP contribution < -0.4 is 15.4 Å². The van der Waals surface area contributed by atoms with E-state index in [-0.39, 0.29) is 5.78 Å². The maximum atomic E-state index is 11.3. The first-order chi connectivity index (χ1) is 17.0. The van der Waals surface area contributed by atoms with E-state index < -0.39 is 0 Å². The van der Waals surface area contributed by atoms with Crippen LogP contribution in [0, 0.1) is 0 Å². The van der Waals surface area contributed by atoms with Gasteiger partial charge in [-0.2, -0.15) is 0 Å². The number of ketones is 1. The SMILES string of the molecule is COc1cc2c(cc1Nc1ncc3ccc(-c4cccc(NCC(C)=O)c4)cc3n1)CN(C)CC2. The molecular formula is C28H29N5O2. The number of methoxy groups -OCH3 is 1. The second-order valence-electron chi connectivity index (χ2n) is 9.04. The minimum absolute atomic E-state index is 0.0976. The molecule has 0 atom stereocenters. The number of hydrogen-bond acceptors (Lipinski definition) is 7. The van der Waals surface area contributed by atoms with Gasteiger partial charge in [0.05, 0.1) is 24.9 Å². The van der Waals surface area contributed by atoms with Crippen LogP contribution in [0.4, 0.5) is 17.3 Å². The predicted molar refractivity (Wildman–Crippen MR) is 140 cm³/mol. The number of fused-ring (bicyclic) bond motifs is 2. The maximum Gasteiger partial charge on any atom is 0.227 e. The maximum absolute atomic E-state index is 11.3. The van der Waals surface area contributed by atoms with E-state index >= 15 is 0 Å². The topological polar surface area (TPSA) is 79.4 Å². The lowest BCUT2D eigenvalue weighted by atomic mass is 9.99. The Balaban J connectivity index is 1.44. The Kier molecular flexibility index (Phi) is 6.33. The Morgan fingerprint density at radius 1 is 1.09 bits per heavy atom. The Labute approximate surface area is 205 Å². The van der Waals surface area contributed by atoms with Crippen LogP contribution in [0.25, 0.3) is 22.0 Å². The van der Waals surface area contributed by atoms with Crippen LogP contribution in [-0.2, 0) is 17.8 Å². The van der Waals surface area contributed by atoms with Crippen molar-refractivity contribution in [3.05, 3.63) is 71.9 Å². The molecular weight excluding hydrogens is 438 g/mol. The van der Waals surface area contributed by atoms with Crippen molar-refractivity contribution in [1.82, 2.24) is 14.9 Å². The molecule has 0 unspecified atom stereocenters. The molecule has 2 N–H and O–H groups in total. The molecule has 1 aliphatic heterocycles. The van der Waals surface area contributed by atoms with Gasteiger partial charge in [-0.15, -0.1) is 0 Å². The van der Waals surface area contributed by atoms with E-state index in [1.54, 1.807) is 14.0 Å². The number of carbonyl (C=O) groups excluding carboxylic acids is 1. The standard InChI is InChI=1S/C28H29N5O2/c1-18(34)15-29-24-6-4-5-19(11-24)20-7-8-22-16-30-28(31-25(22)12-20)32-26-13-23-17-33(2)10-9-21(23)14-27(26)35-3/h4-8,11-14,16,29H,9-10,15,17H2,1-3H3,(H,30,31,32). The van der Waals surface area contributed by atoms with Crippen LogP contribution in [-0.4, -0.2) is 47.9 Å². The normalized spacial score (nSPS) is 13.3. The summed E-state index contributed by atoms with van der Waals surface area (Å²) in [5.74, 6) is 1.41. The molecule has 0 amide bonds. The van der Waals surface area contributed by atoms with Gasteiger partial charge in [0.1, 0.15) is 11.5 Å². The van der Waals surface area contributed by atoms with Crippen molar-refractivity contribution in [3.8, 4) is 16.9 Å². The second-order valence-corrected chi connectivity index (χ2v) is 9.04. The Bertz CT molecular complexity index is 1400. The fourth-order valence-electron chi connectivity index (χ4n) is 4.41. The third kappa shape index (κ3) is 5.10. The van der Waals surface area contributed by atoms with Gasteiger partial charge in [-0.05, 0) is 73.0 Å². The highest BCUT2D eigenvalue weighted by Crippen LogP contribution is 2.33. The number of nitrogens with zero attached hydrogens (tertiary/aromatic N) is 3. The number of likely N-dealkylation sites (N-methyl/N-ethyl adjacent to an activating group) is 1. The monoisotopic (exact) mass is 467 g/mol.